The average Bonchev–Trinajstić information content (AvgIpc) is 3.37. The molecule has 3 saturated heterocycles. The van der Waals surface area contributed by atoms with Gasteiger partial charge in [0, 0.05) is 13.5 Å². The SMILES string of the molecule is CC(=O)Oc1ccc(C(C(=O)N[C@@H]2C(=O)N3C[C@@](C(=O)O)(N4CCN(NC(N)=O)C4=O)S[C@H]23)S(=O)(=O)O)cc1. The number of ether oxygens (including phenoxy) is 1. The largest absolute Gasteiger partial charge is 0.479 e. The fourth-order valence-electron chi connectivity index (χ4n) is 4.48. The monoisotopic (exact) mass is 586 g/mol. The highest BCUT2D eigenvalue weighted by molar-refractivity contribution is 8.02. The van der Waals surface area contributed by atoms with E-state index in [0.717, 1.165) is 33.9 Å². The Morgan fingerprint density at radius 2 is 1.82 bits per heavy atom. The number of hydrogen-bond acceptors (Lipinski definition) is 10. The molecule has 3 aliphatic heterocycles. The van der Waals surface area contributed by atoms with Crippen molar-refractivity contribution in [1.82, 2.24) is 25.6 Å². The number of carboxylic acid groups (broad SMARTS) is 1. The van der Waals surface area contributed by atoms with E-state index in [-0.39, 0.29) is 24.4 Å². The van der Waals surface area contributed by atoms with Crippen molar-refractivity contribution < 1.29 is 51.6 Å². The zero-order valence-corrected chi connectivity index (χ0v) is 21.6. The van der Waals surface area contributed by atoms with E-state index in [1.54, 1.807) is 0 Å². The van der Waals surface area contributed by atoms with Gasteiger partial charge in [-0.25, -0.2) is 24.8 Å². The first kappa shape index (κ1) is 27.9. The number of amides is 6. The van der Waals surface area contributed by atoms with Crippen LogP contribution in [-0.4, -0.2) is 105 Å². The zero-order chi connectivity index (χ0) is 28.9. The van der Waals surface area contributed by atoms with Crippen molar-refractivity contribution in [2.24, 2.45) is 5.73 Å². The molecule has 1 aromatic carbocycles. The molecular formula is C20H22N6O11S2. The van der Waals surface area contributed by atoms with Crippen LogP contribution in [0, 0.1) is 0 Å². The van der Waals surface area contributed by atoms with Gasteiger partial charge in [0.1, 0.15) is 17.2 Å². The highest BCUT2D eigenvalue weighted by Crippen LogP contribution is 2.49. The van der Waals surface area contributed by atoms with Crippen molar-refractivity contribution in [1.29, 1.82) is 0 Å². The standard InChI is InChI=1S/C20H22N6O11S2/c1-9(27)37-11-4-2-10(3-5-11)13(39(34,35)36)14(28)22-12-15(29)24-8-20(17(30)31,38-16(12)24)25-6-7-26(19(25)33)23-18(21)32/h2-5,12-13,16H,6-8H2,1H3,(H,22,28)(H,30,31)(H3,21,23,32)(H,34,35,36)/t12-,13?,16-,20-/m1/s1. The molecule has 210 valence electrons. The van der Waals surface area contributed by atoms with E-state index < -0.39 is 74.0 Å². The summed E-state index contributed by atoms with van der Waals surface area (Å²) in [6.07, 6.45) is 0. The molecule has 0 bridgehead atoms. The first-order chi connectivity index (χ1) is 18.2. The average molecular weight is 587 g/mol. The predicted octanol–water partition coefficient (Wildman–Crippen LogP) is -1.96. The van der Waals surface area contributed by atoms with Gasteiger partial charge in [-0.3, -0.25) is 23.8 Å². The number of rotatable bonds is 8. The molecule has 0 aromatic heterocycles. The number of carbonyl (C=O) groups excluding carboxylic acids is 5. The quantitative estimate of drug-likeness (QED) is 0.0965. The highest BCUT2D eigenvalue weighted by atomic mass is 32.2. The lowest BCUT2D eigenvalue weighted by Gasteiger charge is -2.41. The predicted molar refractivity (Wildman–Crippen MR) is 129 cm³/mol. The number of hydrogen-bond donors (Lipinski definition) is 5. The minimum Gasteiger partial charge on any atom is -0.479 e. The van der Waals surface area contributed by atoms with Crippen molar-refractivity contribution in [3.05, 3.63) is 29.8 Å². The van der Waals surface area contributed by atoms with Crippen LogP contribution in [0.15, 0.2) is 24.3 Å². The maximum absolute atomic E-state index is 13.0. The summed E-state index contributed by atoms with van der Waals surface area (Å²) in [6, 6.07) is 1.40. The van der Waals surface area contributed by atoms with E-state index in [4.69, 9.17) is 10.5 Å². The molecule has 4 rings (SSSR count). The molecule has 6 amide bonds. The number of carbonyl (C=O) groups is 6. The van der Waals surface area contributed by atoms with Gasteiger partial charge in [0.15, 0.2) is 5.25 Å². The number of fused-ring (bicyclic) bond motifs is 1. The van der Waals surface area contributed by atoms with Gasteiger partial charge in [-0.15, -0.1) is 0 Å². The molecule has 3 aliphatic rings. The van der Waals surface area contributed by atoms with Gasteiger partial charge >= 0.3 is 24.0 Å². The van der Waals surface area contributed by atoms with Crippen molar-refractivity contribution in [3.63, 3.8) is 0 Å². The maximum Gasteiger partial charge on any atom is 0.342 e. The summed E-state index contributed by atoms with van der Waals surface area (Å²) >= 11 is 0.679. The van der Waals surface area contributed by atoms with Crippen LogP contribution in [0.3, 0.4) is 0 Å². The van der Waals surface area contributed by atoms with E-state index in [1.165, 1.54) is 12.1 Å². The van der Waals surface area contributed by atoms with Crippen LogP contribution in [-0.2, 0) is 29.3 Å². The highest BCUT2D eigenvalue weighted by Gasteiger charge is 2.66. The van der Waals surface area contributed by atoms with Gasteiger partial charge in [0.2, 0.25) is 16.7 Å². The molecule has 17 nitrogen and oxygen atoms in total. The lowest BCUT2D eigenvalue weighted by molar-refractivity contribution is -0.151. The minimum atomic E-state index is -5.04. The second-order valence-electron chi connectivity index (χ2n) is 8.67. The number of primary amides is 1. The summed E-state index contributed by atoms with van der Waals surface area (Å²) in [5.74, 6) is -4.05. The summed E-state index contributed by atoms with van der Waals surface area (Å²) in [7, 11) is -5.04. The fraction of sp³-hybridized carbons (Fsp3) is 0.400. The number of hydrazine groups is 1. The Bertz CT molecular complexity index is 1370. The molecule has 1 aromatic rings. The van der Waals surface area contributed by atoms with Crippen LogP contribution in [0.25, 0.3) is 0 Å². The molecule has 4 atom stereocenters. The van der Waals surface area contributed by atoms with E-state index in [1.807, 2.05) is 0 Å². The third kappa shape index (κ3) is 5.02. The van der Waals surface area contributed by atoms with Crippen LogP contribution in [0.1, 0.15) is 17.7 Å². The van der Waals surface area contributed by atoms with Crippen LogP contribution >= 0.6 is 11.8 Å². The fourth-order valence-corrected chi connectivity index (χ4v) is 6.96. The molecular weight excluding hydrogens is 564 g/mol. The molecule has 3 fully saturated rings. The van der Waals surface area contributed by atoms with Crippen molar-refractivity contribution in [2.45, 2.75) is 28.5 Å². The van der Waals surface area contributed by atoms with Crippen LogP contribution in [0.4, 0.5) is 9.59 Å². The summed E-state index contributed by atoms with van der Waals surface area (Å²) in [4.78, 5) is 73.2. The third-order valence-corrected chi connectivity index (χ3v) is 8.91. The summed E-state index contributed by atoms with van der Waals surface area (Å²) in [6.45, 7) is 0.494. The van der Waals surface area contributed by atoms with E-state index in [0.29, 0.717) is 11.8 Å². The molecule has 0 saturated carbocycles. The zero-order valence-electron chi connectivity index (χ0n) is 20.0. The lowest BCUT2D eigenvalue weighted by atomic mass is 10.0. The smallest absolute Gasteiger partial charge is 0.342 e. The lowest BCUT2D eigenvalue weighted by Crippen LogP contribution is -2.68. The molecule has 0 aliphatic carbocycles. The van der Waals surface area contributed by atoms with Gasteiger partial charge in [0.05, 0.1) is 13.1 Å². The number of β-lactam (4-membered cyclic amide) rings is 1. The Hall–Kier alpha value is -4.10. The maximum atomic E-state index is 13.0. The Balaban J connectivity index is 1.53. The first-order valence-electron chi connectivity index (χ1n) is 11.1. The Labute approximate surface area is 224 Å². The Morgan fingerprint density at radius 1 is 1.18 bits per heavy atom. The van der Waals surface area contributed by atoms with E-state index in [9.17, 15) is 46.8 Å². The summed E-state index contributed by atoms with van der Waals surface area (Å²) < 4.78 is 38.8. The van der Waals surface area contributed by atoms with Crippen molar-refractivity contribution in [2.75, 3.05) is 19.6 Å². The number of benzene rings is 1. The molecule has 19 heteroatoms. The number of thioether (sulfide) groups is 1. The van der Waals surface area contributed by atoms with Crippen molar-refractivity contribution in [3.8, 4) is 5.75 Å². The minimum absolute atomic E-state index is 0.0546. The second kappa shape index (κ2) is 9.89. The number of carboxylic acids is 1. The normalized spacial score (nSPS) is 25.0. The number of nitrogens with two attached hydrogens (primary N) is 1. The number of urea groups is 2. The topological polar surface area (TPSA) is 246 Å². The van der Waals surface area contributed by atoms with E-state index in [2.05, 4.69) is 10.7 Å². The second-order valence-corrected chi connectivity index (χ2v) is 11.6. The van der Waals surface area contributed by atoms with Crippen LogP contribution < -0.4 is 21.2 Å². The van der Waals surface area contributed by atoms with E-state index >= 15 is 0 Å². The Morgan fingerprint density at radius 3 is 2.36 bits per heavy atom. The molecule has 1 unspecified atom stereocenters. The molecule has 3 heterocycles. The summed E-state index contributed by atoms with van der Waals surface area (Å²) in [5.41, 5.74) is 6.91. The number of nitrogens with zero attached hydrogens (tertiary/aromatic N) is 3. The van der Waals surface area contributed by atoms with Crippen molar-refractivity contribution >= 4 is 57.7 Å². The molecule has 0 spiro atoms. The van der Waals surface area contributed by atoms with Gasteiger partial charge in [-0.05, 0) is 17.7 Å². The van der Waals surface area contributed by atoms with Gasteiger partial charge in [-0.1, -0.05) is 23.9 Å². The third-order valence-electron chi connectivity index (χ3n) is 6.14. The molecule has 6 N–H and O–H groups in total. The first-order valence-corrected chi connectivity index (χ1v) is 13.5. The van der Waals surface area contributed by atoms with Gasteiger partial charge < -0.3 is 25.8 Å². The number of aliphatic carboxylic acids is 1. The van der Waals surface area contributed by atoms with Crippen LogP contribution in [0.5, 0.6) is 5.75 Å². The van der Waals surface area contributed by atoms with Crippen LogP contribution in [0.2, 0.25) is 0 Å². The number of nitrogens with one attached hydrogen (secondary N) is 2. The Kier molecular flexibility index (Phi) is 7.08. The summed E-state index contributed by atoms with van der Waals surface area (Å²) in [5, 5.41) is 9.96. The van der Waals surface area contributed by atoms with Gasteiger partial charge in [0.25, 0.3) is 10.1 Å². The van der Waals surface area contributed by atoms with Gasteiger partial charge in [-0.2, -0.15) is 8.42 Å². The molecule has 39 heavy (non-hydrogen) atoms. The number of esters is 1. The molecule has 0 radical (unpaired) electrons.